The zero-order valence-electron chi connectivity index (χ0n) is 9.16. The SMILES string of the molecule is Cc1ccc(C)c(C(=O)CCS(=O)(=O)Cl)c1. The second-order valence-electron chi connectivity index (χ2n) is 3.73. The van der Waals surface area contributed by atoms with Crippen molar-refractivity contribution in [3.05, 3.63) is 34.9 Å². The van der Waals surface area contributed by atoms with Gasteiger partial charge in [-0.25, -0.2) is 8.42 Å². The Labute approximate surface area is 99.9 Å². The van der Waals surface area contributed by atoms with Crippen LogP contribution in [-0.4, -0.2) is 20.0 Å². The highest BCUT2D eigenvalue weighted by molar-refractivity contribution is 8.13. The number of carbonyl (C=O) groups is 1. The van der Waals surface area contributed by atoms with Crippen molar-refractivity contribution < 1.29 is 13.2 Å². The van der Waals surface area contributed by atoms with Crippen LogP contribution in [-0.2, 0) is 9.05 Å². The lowest BCUT2D eigenvalue weighted by molar-refractivity contribution is 0.0988. The summed E-state index contributed by atoms with van der Waals surface area (Å²) in [4.78, 5) is 11.7. The molecule has 1 aromatic carbocycles. The van der Waals surface area contributed by atoms with Gasteiger partial charge in [0.1, 0.15) is 0 Å². The van der Waals surface area contributed by atoms with Crippen molar-refractivity contribution in [2.75, 3.05) is 5.75 Å². The van der Waals surface area contributed by atoms with Gasteiger partial charge in [-0.1, -0.05) is 17.7 Å². The maximum atomic E-state index is 11.7. The van der Waals surface area contributed by atoms with E-state index in [1.165, 1.54) is 0 Å². The smallest absolute Gasteiger partial charge is 0.233 e. The van der Waals surface area contributed by atoms with E-state index in [1.807, 2.05) is 26.0 Å². The van der Waals surface area contributed by atoms with Crippen LogP contribution in [0, 0.1) is 13.8 Å². The number of hydrogen-bond acceptors (Lipinski definition) is 3. The molecule has 0 radical (unpaired) electrons. The van der Waals surface area contributed by atoms with E-state index in [4.69, 9.17) is 10.7 Å². The van der Waals surface area contributed by atoms with Crippen LogP contribution in [0.1, 0.15) is 27.9 Å². The maximum absolute atomic E-state index is 11.7. The minimum Gasteiger partial charge on any atom is -0.294 e. The standard InChI is InChI=1S/C11H13ClO3S/c1-8-3-4-9(2)10(7-8)11(13)5-6-16(12,14)15/h3-4,7H,5-6H2,1-2H3. The first-order chi connectivity index (χ1) is 7.29. The number of rotatable bonds is 4. The summed E-state index contributed by atoms with van der Waals surface area (Å²) in [7, 11) is 1.46. The van der Waals surface area contributed by atoms with Gasteiger partial charge in [0, 0.05) is 22.7 Å². The average Bonchev–Trinajstić information content (AvgIpc) is 2.17. The molecular formula is C11H13ClO3S. The minimum atomic E-state index is -3.60. The molecule has 0 bridgehead atoms. The number of halogens is 1. The van der Waals surface area contributed by atoms with Gasteiger partial charge in [0.25, 0.3) is 0 Å². The summed E-state index contributed by atoms with van der Waals surface area (Å²) in [6, 6.07) is 5.51. The molecule has 3 nitrogen and oxygen atoms in total. The van der Waals surface area contributed by atoms with Gasteiger partial charge in [0.05, 0.1) is 5.75 Å². The molecule has 0 atom stereocenters. The van der Waals surface area contributed by atoms with Crippen molar-refractivity contribution in [1.82, 2.24) is 0 Å². The molecule has 0 aromatic heterocycles. The molecule has 1 rings (SSSR count). The Morgan fingerprint density at radius 2 is 1.94 bits per heavy atom. The highest BCUT2D eigenvalue weighted by Crippen LogP contribution is 2.14. The fourth-order valence-electron chi connectivity index (χ4n) is 1.39. The van der Waals surface area contributed by atoms with E-state index < -0.39 is 9.05 Å². The lowest BCUT2D eigenvalue weighted by Gasteiger charge is -2.05. The summed E-state index contributed by atoms with van der Waals surface area (Å²) in [6.45, 7) is 3.70. The van der Waals surface area contributed by atoms with E-state index in [9.17, 15) is 13.2 Å². The van der Waals surface area contributed by atoms with Crippen LogP contribution in [0.5, 0.6) is 0 Å². The largest absolute Gasteiger partial charge is 0.294 e. The van der Waals surface area contributed by atoms with Crippen molar-refractivity contribution in [3.8, 4) is 0 Å². The van der Waals surface area contributed by atoms with Gasteiger partial charge in [-0.3, -0.25) is 4.79 Å². The third-order valence-corrected chi connectivity index (χ3v) is 3.42. The molecule has 0 aliphatic carbocycles. The average molecular weight is 261 g/mol. The fourth-order valence-corrected chi connectivity index (χ4v) is 2.05. The Kier molecular flexibility index (Phi) is 4.10. The van der Waals surface area contributed by atoms with Crippen LogP contribution in [0.15, 0.2) is 18.2 Å². The topological polar surface area (TPSA) is 51.2 Å². The fraction of sp³-hybridized carbons (Fsp3) is 0.364. The summed E-state index contributed by atoms with van der Waals surface area (Å²) >= 11 is 0. The molecule has 0 fully saturated rings. The van der Waals surface area contributed by atoms with E-state index in [-0.39, 0.29) is 18.0 Å². The third kappa shape index (κ3) is 3.94. The molecule has 0 unspecified atom stereocenters. The van der Waals surface area contributed by atoms with Gasteiger partial charge in [0.15, 0.2) is 5.78 Å². The summed E-state index contributed by atoms with van der Waals surface area (Å²) in [6.07, 6.45) is -0.0733. The summed E-state index contributed by atoms with van der Waals surface area (Å²) in [5.74, 6) is -0.508. The molecule has 88 valence electrons. The van der Waals surface area contributed by atoms with E-state index in [0.717, 1.165) is 11.1 Å². The Morgan fingerprint density at radius 3 is 2.50 bits per heavy atom. The molecule has 0 heterocycles. The predicted molar refractivity (Wildman–Crippen MR) is 64.5 cm³/mol. The quantitative estimate of drug-likeness (QED) is 0.617. The molecule has 16 heavy (non-hydrogen) atoms. The van der Waals surface area contributed by atoms with Gasteiger partial charge < -0.3 is 0 Å². The predicted octanol–water partition coefficient (Wildman–Crippen LogP) is 2.44. The molecule has 0 aliphatic rings. The van der Waals surface area contributed by atoms with Crippen LogP contribution >= 0.6 is 10.7 Å². The number of benzene rings is 1. The maximum Gasteiger partial charge on any atom is 0.233 e. The Hall–Kier alpha value is -0.870. The van der Waals surface area contributed by atoms with E-state index in [1.54, 1.807) is 6.07 Å². The van der Waals surface area contributed by atoms with Crippen LogP contribution in [0.3, 0.4) is 0 Å². The molecule has 0 amide bonds. The Morgan fingerprint density at radius 1 is 1.31 bits per heavy atom. The first-order valence-corrected chi connectivity index (χ1v) is 7.30. The molecular weight excluding hydrogens is 248 g/mol. The molecule has 0 aliphatic heterocycles. The van der Waals surface area contributed by atoms with Crippen molar-refractivity contribution in [2.45, 2.75) is 20.3 Å². The molecule has 0 saturated carbocycles. The number of ketones is 1. The van der Waals surface area contributed by atoms with Gasteiger partial charge in [-0.2, -0.15) is 0 Å². The first kappa shape index (κ1) is 13.2. The monoisotopic (exact) mass is 260 g/mol. The van der Waals surface area contributed by atoms with Gasteiger partial charge in [0.2, 0.25) is 9.05 Å². The van der Waals surface area contributed by atoms with E-state index >= 15 is 0 Å². The van der Waals surface area contributed by atoms with Crippen molar-refractivity contribution in [3.63, 3.8) is 0 Å². The lowest BCUT2D eigenvalue weighted by Crippen LogP contribution is -2.08. The highest BCUT2D eigenvalue weighted by Gasteiger charge is 2.13. The van der Waals surface area contributed by atoms with Crippen LogP contribution in [0.4, 0.5) is 0 Å². The first-order valence-electron chi connectivity index (χ1n) is 4.82. The molecule has 1 aromatic rings. The van der Waals surface area contributed by atoms with Crippen LogP contribution in [0.25, 0.3) is 0 Å². The Balaban J connectivity index is 2.85. The van der Waals surface area contributed by atoms with E-state index in [0.29, 0.717) is 5.56 Å². The highest BCUT2D eigenvalue weighted by atomic mass is 35.7. The summed E-state index contributed by atoms with van der Waals surface area (Å²) < 4.78 is 21.5. The molecule has 0 spiro atoms. The molecule has 0 saturated heterocycles. The van der Waals surface area contributed by atoms with Gasteiger partial charge >= 0.3 is 0 Å². The second kappa shape index (κ2) is 4.97. The zero-order valence-corrected chi connectivity index (χ0v) is 10.7. The summed E-state index contributed by atoms with van der Waals surface area (Å²) in [5.41, 5.74) is 2.39. The number of hydrogen-bond donors (Lipinski definition) is 0. The van der Waals surface area contributed by atoms with Gasteiger partial charge in [-0.05, 0) is 25.5 Å². The van der Waals surface area contributed by atoms with Gasteiger partial charge in [-0.15, -0.1) is 0 Å². The normalized spacial score (nSPS) is 11.4. The number of carbonyl (C=O) groups excluding carboxylic acids is 1. The molecule has 5 heteroatoms. The van der Waals surface area contributed by atoms with Crippen molar-refractivity contribution in [1.29, 1.82) is 0 Å². The Bertz CT molecular complexity index is 506. The lowest BCUT2D eigenvalue weighted by atomic mass is 10.0. The van der Waals surface area contributed by atoms with Crippen molar-refractivity contribution >= 4 is 25.5 Å². The summed E-state index contributed by atoms with van der Waals surface area (Å²) in [5, 5.41) is 0. The van der Waals surface area contributed by atoms with Crippen LogP contribution in [0.2, 0.25) is 0 Å². The molecule has 0 N–H and O–H groups in total. The number of Topliss-reactive ketones (excluding diaryl/α,β-unsaturated/α-hetero) is 1. The minimum absolute atomic E-state index is 0.0733. The zero-order chi connectivity index (χ0) is 12.3. The second-order valence-corrected chi connectivity index (χ2v) is 6.63. The third-order valence-electron chi connectivity index (χ3n) is 2.27. The van der Waals surface area contributed by atoms with Crippen molar-refractivity contribution in [2.24, 2.45) is 0 Å². The van der Waals surface area contributed by atoms with Crippen LogP contribution < -0.4 is 0 Å². The van der Waals surface area contributed by atoms with E-state index in [2.05, 4.69) is 0 Å². The number of aryl methyl sites for hydroxylation is 2.